The van der Waals surface area contributed by atoms with E-state index in [4.69, 9.17) is 4.74 Å². The first-order valence-corrected chi connectivity index (χ1v) is 11.9. The van der Waals surface area contributed by atoms with Crippen LogP contribution in [0.15, 0.2) is 67.0 Å². The molecule has 168 valence electrons. The van der Waals surface area contributed by atoms with E-state index in [1.54, 1.807) is 17.5 Å². The Kier molecular flexibility index (Phi) is 6.99. The van der Waals surface area contributed by atoms with Crippen LogP contribution in [0.1, 0.15) is 56.1 Å². The summed E-state index contributed by atoms with van der Waals surface area (Å²) >= 11 is 1.54. The second-order valence-electron chi connectivity index (χ2n) is 8.36. The molecular formula is C28H27NO3S. The van der Waals surface area contributed by atoms with Gasteiger partial charge in [0.1, 0.15) is 12.4 Å². The number of Topliss-reactive ketones (excluding diaryl/α,β-unsaturated/α-hetero) is 1. The van der Waals surface area contributed by atoms with Crippen LogP contribution in [0.5, 0.6) is 0 Å². The summed E-state index contributed by atoms with van der Waals surface area (Å²) in [6.45, 7) is 6.16. The molecule has 0 fully saturated rings. The maximum Gasteiger partial charge on any atom is 0.338 e. The van der Waals surface area contributed by atoms with Gasteiger partial charge in [0.15, 0.2) is 0 Å². The van der Waals surface area contributed by atoms with Crippen molar-refractivity contribution in [3.63, 3.8) is 0 Å². The van der Waals surface area contributed by atoms with Crippen LogP contribution in [0, 0.1) is 13.8 Å². The van der Waals surface area contributed by atoms with Crippen molar-refractivity contribution in [2.75, 3.05) is 0 Å². The van der Waals surface area contributed by atoms with Gasteiger partial charge in [-0.2, -0.15) is 0 Å². The van der Waals surface area contributed by atoms with Crippen LogP contribution in [0.4, 0.5) is 0 Å². The van der Waals surface area contributed by atoms with Gasteiger partial charge in [0.05, 0.1) is 11.5 Å². The predicted molar refractivity (Wildman–Crippen MR) is 133 cm³/mol. The van der Waals surface area contributed by atoms with E-state index in [0.29, 0.717) is 12.0 Å². The van der Waals surface area contributed by atoms with Crippen molar-refractivity contribution in [2.45, 2.75) is 46.1 Å². The molecule has 0 N–H and O–H groups in total. The quantitative estimate of drug-likeness (QED) is 0.281. The molecule has 33 heavy (non-hydrogen) atoms. The number of carbonyl (C=O) groups excluding carboxylic acids is 2. The number of ether oxygens (including phenoxy) is 1. The molecule has 5 heteroatoms. The maximum atomic E-state index is 13.1. The summed E-state index contributed by atoms with van der Waals surface area (Å²) in [7, 11) is 0. The molecule has 4 aromatic rings. The highest BCUT2D eigenvalue weighted by atomic mass is 32.1. The molecule has 0 saturated carbocycles. The molecule has 1 atom stereocenters. The van der Waals surface area contributed by atoms with Crippen LogP contribution < -0.4 is 0 Å². The smallest absolute Gasteiger partial charge is 0.338 e. The minimum absolute atomic E-state index is 0.160. The molecule has 0 aliphatic carbocycles. The Labute approximate surface area is 198 Å². The molecule has 2 aromatic carbocycles. The number of hydrogen-bond donors (Lipinski definition) is 0. The van der Waals surface area contributed by atoms with E-state index < -0.39 is 0 Å². The van der Waals surface area contributed by atoms with Gasteiger partial charge in [0.25, 0.3) is 0 Å². The molecule has 0 saturated heterocycles. The van der Waals surface area contributed by atoms with E-state index in [1.165, 1.54) is 0 Å². The highest BCUT2D eigenvalue weighted by Crippen LogP contribution is 2.30. The summed E-state index contributed by atoms with van der Waals surface area (Å²) in [5.41, 5.74) is 3.62. The lowest BCUT2D eigenvalue weighted by atomic mass is 9.93. The van der Waals surface area contributed by atoms with Crippen molar-refractivity contribution in [2.24, 2.45) is 0 Å². The van der Waals surface area contributed by atoms with E-state index in [0.717, 1.165) is 43.6 Å². The molecule has 0 aliphatic rings. The first-order chi connectivity index (χ1) is 15.9. The van der Waals surface area contributed by atoms with Gasteiger partial charge >= 0.3 is 5.97 Å². The van der Waals surface area contributed by atoms with Gasteiger partial charge in [-0.25, -0.2) is 4.79 Å². The fourth-order valence-corrected chi connectivity index (χ4v) is 5.20. The summed E-state index contributed by atoms with van der Waals surface area (Å²) < 4.78 is 5.54. The Morgan fingerprint density at radius 2 is 1.85 bits per heavy atom. The van der Waals surface area contributed by atoms with Crippen LogP contribution in [0.3, 0.4) is 0 Å². The summed E-state index contributed by atoms with van der Waals surface area (Å²) in [6, 6.07) is 17.7. The molecule has 0 amide bonds. The lowest BCUT2D eigenvalue weighted by molar-refractivity contribution is -0.119. The Bertz CT molecular complexity index is 1310. The highest BCUT2D eigenvalue weighted by Gasteiger charge is 2.21. The van der Waals surface area contributed by atoms with Crippen LogP contribution >= 0.6 is 11.3 Å². The third kappa shape index (κ3) is 5.37. The zero-order valence-corrected chi connectivity index (χ0v) is 19.9. The minimum Gasteiger partial charge on any atom is -0.456 e. The van der Waals surface area contributed by atoms with Gasteiger partial charge < -0.3 is 4.74 Å². The number of nitrogens with zero attached hydrogens (tertiary/aromatic N) is 1. The Morgan fingerprint density at radius 3 is 2.64 bits per heavy atom. The fraction of sp³-hybridized carbons (Fsp3) is 0.250. The number of hydrogen-bond acceptors (Lipinski definition) is 5. The van der Waals surface area contributed by atoms with Gasteiger partial charge in [-0.3, -0.25) is 9.78 Å². The normalized spacial score (nSPS) is 12.0. The van der Waals surface area contributed by atoms with Gasteiger partial charge in [0, 0.05) is 34.0 Å². The summed E-state index contributed by atoms with van der Waals surface area (Å²) in [5, 5.41) is 2.16. The predicted octanol–water partition coefficient (Wildman–Crippen LogP) is 6.58. The first-order valence-electron chi connectivity index (χ1n) is 11.1. The van der Waals surface area contributed by atoms with Crippen LogP contribution in [0.2, 0.25) is 0 Å². The Balaban J connectivity index is 1.41. The monoisotopic (exact) mass is 457 g/mol. The van der Waals surface area contributed by atoms with E-state index in [1.807, 2.05) is 75.5 Å². The van der Waals surface area contributed by atoms with Gasteiger partial charge in [0.2, 0.25) is 0 Å². The number of aryl methyl sites for hydroxylation is 2. The standard InChI is InChI=1S/C28H27NO3S/c1-4-24(26(30)15-20-6-7-22-16-29-12-11-21(22)14-20)27-10-8-23(33-27)17-32-28(31)25-9-5-18(2)13-19(25)3/h5-14,16,24H,4,15,17H2,1-3H3. The largest absolute Gasteiger partial charge is 0.456 e. The molecule has 0 spiro atoms. The van der Waals surface area contributed by atoms with Crippen molar-refractivity contribution >= 4 is 33.9 Å². The Hall–Kier alpha value is -3.31. The molecule has 4 rings (SSSR count). The number of benzene rings is 2. The van der Waals surface area contributed by atoms with E-state index >= 15 is 0 Å². The number of carbonyl (C=O) groups is 2. The Morgan fingerprint density at radius 1 is 1.00 bits per heavy atom. The van der Waals surface area contributed by atoms with Gasteiger partial charge in [-0.05, 0) is 61.0 Å². The zero-order chi connectivity index (χ0) is 23.4. The molecule has 2 heterocycles. The van der Waals surface area contributed by atoms with E-state index in [2.05, 4.69) is 11.1 Å². The minimum atomic E-state index is -0.322. The topological polar surface area (TPSA) is 56.3 Å². The first kappa shape index (κ1) is 22.9. The zero-order valence-electron chi connectivity index (χ0n) is 19.1. The van der Waals surface area contributed by atoms with E-state index in [9.17, 15) is 9.59 Å². The number of thiophene rings is 1. The lowest BCUT2D eigenvalue weighted by Crippen LogP contribution is -2.13. The number of pyridine rings is 1. The highest BCUT2D eigenvalue weighted by molar-refractivity contribution is 7.12. The molecule has 4 nitrogen and oxygen atoms in total. The molecule has 2 aromatic heterocycles. The molecule has 0 bridgehead atoms. The maximum absolute atomic E-state index is 13.1. The number of esters is 1. The van der Waals surface area contributed by atoms with Crippen molar-refractivity contribution in [3.8, 4) is 0 Å². The SMILES string of the molecule is CCC(C(=O)Cc1ccc2cnccc2c1)c1ccc(COC(=O)c2ccc(C)cc2C)s1. The second kappa shape index (κ2) is 10.1. The number of fused-ring (bicyclic) bond motifs is 1. The number of ketones is 1. The van der Waals surface area contributed by atoms with Gasteiger partial charge in [-0.15, -0.1) is 11.3 Å². The molecule has 1 unspecified atom stereocenters. The third-order valence-electron chi connectivity index (χ3n) is 5.85. The van der Waals surface area contributed by atoms with Crippen molar-refractivity contribution in [1.82, 2.24) is 4.98 Å². The fourth-order valence-electron chi connectivity index (χ4n) is 4.07. The number of rotatable bonds is 8. The van der Waals surface area contributed by atoms with E-state index in [-0.39, 0.29) is 24.3 Å². The van der Waals surface area contributed by atoms with Crippen molar-refractivity contribution in [3.05, 3.63) is 99.0 Å². The van der Waals surface area contributed by atoms with Gasteiger partial charge in [-0.1, -0.05) is 42.8 Å². The van der Waals surface area contributed by atoms with Crippen molar-refractivity contribution in [1.29, 1.82) is 0 Å². The molecule has 0 radical (unpaired) electrons. The number of aromatic nitrogens is 1. The molecule has 0 aliphatic heterocycles. The molecular weight excluding hydrogens is 430 g/mol. The second-order valence-corrected chi connectivity index (χ2v) is 9.56. The van der Waals surface area contributed by atoms with Crippen LogP contribution in [-0.4, -0.2) is 16.7 Å². The summed E-state index contributed by atoms with van der Waals surface area (Å²) in [5.74, 6) is -0.282. The third-order valence-corrected chi connectivity index (χ3v) is 7.03. The average Bonchev–Trinajstić information content (AvgIpc) is 3.26. The van der Waals surface area contributed by atoms with Crippen molar-refractivity contribution < 1.29 is 14.3 Å². The van der Waals surface area contributed by atoms with Crippen LogP contribution in [-0.2, 0) is 22.6 Å². The lowest BCUT2D eigenvalue weighted by Gasteiger charge is -2.12. The summed E-state index contributed by atoms with van der Waals surface area (Å²) in [4.78, 5) is 31.7. The van der Waals surface area contributed by atoms with Crippen LogP contribution in [0.25, 0.3) is 10.8 Å². The average molecular weight is 458 g/mol. The summed E-state index contributed by atoms with van der Waals surface area (Å²) in [6.07, 6.45) is 4.73.